The van der Waals surface area contributed by atoms with Crippen LogP contribution < -0.4 is 15.2 Å². The lowest BCUT2D eigenvalue weighted by Crippen LogP contribution is -2.11. The molecule has 0 fully saturated rings. The minimum Gasteiger partial charge on any atom is -0.497 e. The van der Waals surface area contributed by atoms with Crippen LogP contribution in [0.4, 0.5) is 5.69 Å². The summed E-state index contributed by atoms with van der Waals surface area (Å²) in [5, 5.41) is 26.0. The van der Waals surface area contributed by atoms with Crippen LogP contribution in [0, 0.1) is 30.6 Å². The molecule has 0 radical (unpaired) electrons. The predicted octanol–water partition coefficient (Wildman–Crippen LogP) is 4.11. The van der Waals surface area contributed by atoms with E-state index in [-0.39, 0.29) is 11.8 Å². The molecule has 0 spiro atoms. The van der Waals surface area contributed by atoms with Crippen molar-refractivity contribution in [1.29, 1.82) is 10.7 Å². The second kappa shape index (κ2) is 8.62. The van der Waals surface area contributed by atoms with Crippen molar-refractivity contribution in [2.75, 3.05) is 12.8 Å². The predicted molar refractivity (Wildman–Crippen MR) is 115 cm³/mol. The molecule has 2 aromatic carbocycles. The average Bonchev–Trinajstić information content (AvgIpc) is 2.74. The first kappa shape index (κ1) is 20.8. The van der Waals surface area contributed by atoms with Gasteiger partial charge in [-0.3, -0.25) is 5.41 Å². The van der Waals surface area contributed by atoms with Crippen LogP contribution >= 0.6 is 0 Å². The third-order valence-corrected chi connectivity index (χ3v) is 4.85. The van der Waals surface area contributed by atoms with Gasteiger partial charge < -0.3 is 15.2 Å². The number of nitriles is 1. The van der Waals surface area contributed by atoms with Crippen molar-refractivity contribution in [2.24, 2.45) is 0 Å². The molecule has 30 heavy (non-hydrogen) atoms. The van der Waals surface area contributed by atoms with E-state index in [9.17, 15) is 5.26 Å². The minimum atomic E-state index is -0.256. The number of aryl methyl sites for hydroxylation is 2. The van der Waals surface area contributed by atoms with E-state index in [0.29, 0.717) is 33.9 Å². The molecule has 0 bridgehead atoms. The van der Waals surface area contributed by atoms with Crippen LogP contribution in [0.5, 0.6) is 11.5 Å². The molecule has 0 saturated carbocycles. The highest BCUT2D eigenvalue weighted by Gasteiger charge is 2.17. The van der Waals surface area contributed by atoms with Crippen LogP contribution in [0.1, 0.15) is 46.5 Å². The van der Waals surface area contributed by atoms with Gasteiger partial charge in [0, 0.05) is 22.4 Å². The van der Waals surface area contributed by atoms with Crippen LogP contribution in [0.15, 0.2) is 42.6 Å². The molecule has 3 rings (SSSR count). The molecule has 0 aliphatic carbocycles. The van der Waals surface area contributed by atoms with Crippen molar-refractivity contribution in [3.8, 4) is 17.6 Å². The lowest BCUT2D eigenvalue weighted by Gasteiger charge is -2.19. The number of nitrogens with zero attached hydrogens (tertiary/aromatic N) is 3. The molecular weight excluding hydrogens is 378 g/mol. The van der Waals surface area contributed by atoms with Crippen LogP contribution in [0.2, 0.25) is 0 Å². The molecule has 1 heterocycles. The summed E-state index contributed by atoms with van der Waals surface area (Å²) >= 11 is 0. The highest BCUT2D eigenvalue weighted by molar-refractivity contribution is 6.14. The number of methoxy groups -OCH3 is 1. The number of aromatic nitrogens is 2. The Morgan fingerprint density at radius 2 is 1.93 bits per heavy atom. The lowest BCUT2D eigenvalue weighted by atomic mass is 9.98. The highest BCUT2D eigenvalue weighted by atomic mass is 16.5. The van der Waals surface area contributed by atoms with Gasteiger partial charge in [0.1, 0.15) is 17.6 Å². The van der Waals surface area contributed by atoms with Gasteiger partial charge in [-0.1, -0.05) is 0 Å². The van der Waals surface area contributed by atoms with E-state index in [1.165, 1.54) is 7.11 Å². The van der Waals surface area contributed by atoms with Crippen molar-refractivity contribution in [3.63, 3.8) is 0 Å². The van der Waals surface area contributed by atoms with Gasteiger partial charge in [0.15, 0.2) is 0 Å². The van der Waals surface area contributed by atoms with Gasteiger partial charge in [0.25, 0.3) is 0 Å². The third kappa shape index (κ3) is 4.23. The Kier molecular flexibility index (Phi) is 5.98. The number of ether oxygens (including phenoxy) is 2. The van der Waals surface area contributed by atoms with Gasteiger partial charge in [0.2, 0.25) is 0 Å². The topological polar surface area (TPSA) is 118 Å². The van der Waals surface area contributed by atoms with Gasteiger partial charge >= 0.3 is 0 Å². The number of hydrogen-bond donors (Lipinski definition) is 2. The molecule has 3 aromatic rings. The molecule has 0 aliphatic heterocycles. The summed E-state index contributed by atoms with van der Waals surface area (Å²) in [5.41, 5.74) is 11.0. The maximum absolute atomic E-state index is 9.25. The maximum atomic E-state index is 9.25. The SMILES string of the molecule is COc1cc(C#N)cc(C(=N)c2cc(O[C@@H](C)c3c(C)cnnc3C)ccc2N)c1. The molecule has 7 heteroatoms. The Morgan fingerprint density at radius 3 is 2.60 bits per heavy atom. The Morgan fingerprint density at radius 1 is 1.17 bits per heavy atom. The Hall–Kier alpha value is -3.92. The standard InChI is InChI=1S/C23H23N5O2/c1-13-12-27-28-14(2)22(13)15(3)30-18-5-6-21(25)20(10-18)23(26)17-7-16(11-24)8-19(9-17)29-4/h5-10,12,15,26H,25H2,1-4H3/t15-/m0/s1. The average molecular weight is 401 g/mol. The maximum Gasteiger partial charge on any atom is 0.123 e. The molecule has 152 valence electrons. The molecule has 0 aliphatic rings. The first-order chi connectivity index (χ1) is 14.3. The summed E-state index contributed by atoms with van der Waals surface area (Å²) in [6.45, 7) is 5.81. The normalized spacial score (nSPS) is 11.4. The summed E-state index contributed by atoms with van der Waals surface area (Å²) in [7, 11) is 1.52. The van der Waals surface area contributed by atoms with E-state index in [0.717, 1.165) is 16.8 Å². The largest absolute Gasteiger partial charge is 0.497 e. The number of rotatable bonds is 6. The number of nitrogens with two attached hydrogens (primary N) is 1. The van der Waals surface area contributed by atoms with Crippen LogP contribution in [0.3, 0.4) is 0 Å². The summed E-state index contributed by atoms with van der Waals surface area (Å²) < 4.78 is 11.4. The van der Waals surface area contributed by atoms with Crippen molar-refractivity contribution in [1.82, 2.24) is 10.2 Å². The van der Waals surface area contributed by atoms with E-state index in [4.69, 9.17) is 20.6 Å². The zero-order chi connectivity index (χ0) is 21.8. The van der Waals surface area contributed by atoms with E-state index >= 15 is 0 Å². The second-order valence-corrected chi connectivity index (χ2v) is 6.97. The van der Waals surface area contributed by atoms with Gasteiger partial charge in [-0.25, -0.2) is 0 Å². The Balaban J connectivity index is 1.94. The number of anilines is 1. The fourth-order valence-corrected chi connectivity index (χ4v) is 3.40. The molecule has 7 nitrogen and oxygen atoms in total. The Labute approximate surface area is 175 Å². The quantitative estimate of drug-likeness (QED) is 0.474. The fourth-order valence-electron chi connectivity index (χ4n) is 3.40. The van der Waals surface area contributed by atoms with Gasteiger partial charge in [-0.15, -0.1) is 0 Å². The molecule has 1 aromatic heterocycles. The number of nitrogens with one attached hydrogen (secondary N) is 1. The van der Waals surface area contributed by atoms with Gasteiger partial charge in [-0.05, 0) is 62.7 Å². The number of nitrogen functional groups attached to an aromatic ring is 1. The van der Waals surface area contributed by atoms with Gasteiger partial charge in [-0.2, -0.15) is 15.5 Å². The summed E-state index contributed by atoms with van der Waals surface area (Å²) in [6, 6.07) is 12.3. The van der Waals surface area contributed by atoms with E-state index in [2.05, 4.69) is 16.3 Å². The first-order valence-electron chi connectivity index (χ1n) is 9.37. The highest BCUT2D eigenvalue weighted by Crippen LogP contribution is 2.29. The van der Waals surface area contributed by atoms with Crippen molar-refractivity contribution in [3.05, 3.63) is 76.1 Å². The molecule has 1 atom stereocenters. The van der Waals surface area contributed by atoms with E-state index in [1.807, 2.05) is 20.8 Å². The fraction of sp³-hybridized carbons (Fsp3) is 0.217. The summed E-state index contributed by atoms with van der Waals surface area (Å²) in [4.78, 5) is 0. The smallest absolute Gasteiger partial charge is 0.123 e. The van der Waals surface area contributed by atoms with Gasteiger partial charge in [0.05, 0.1) is 36.3 Å². The molecule has 0 unspecified atom stereocenters. The lowest BCUT2D eigenvalue weighted by molar-refractivity contribution is 0.224. The first-order valence-corrected chi connectivity index (χ1v) is 9.37. The number of benzene rings is 2. The molecule has 0 amide bonds. The zero-order valence-electron chi connectivity index (χ0n) is 17.4. The second-order valence-electron chi connectivity index (χ2n) is 6.97. The Bertz CT molecular complexity index is 1130. The minimum absolute atomic E-state index is 0.180. The van der Waals surface area contributed by atoms with Crippen molar-refractivity contribution >= 4 is 11.4 Å². The molecular formula is C23H23N5O2. The number of hydrogen-bond acceptors (Lipinski definition) is 7. The van der Waals surface area contributed by atoms with E-state index in [1.54, 1.807) is 42.6 Å². The van der Waals surface area contributed by atoms with Crippen LogP contribution in [-0.2, 0) is 0 Å². The molecule has 3 N–H and O–H groups in total. The third-order valence-electron chi connectivity index (χ3n) is 4.85. The monoisotopic (exact) mass is 401 g/mol. The summed E-state index contributed by atoms with van der Waals surface area (Å²) in [5.74, 6) is 1.08. The van der Waals surface area contributed by atoms with Crippen molar-refractivity contribution < 1.29 is 9.47 Å². The van der Waals surface area contributed by atoms with Crippen LogP contribution in [-0.4, -0.2) is 23.0 Å². The van der Waals surface area contributed by atoms with E-state index < -0.39 is 0 Å². The zero-order valence-corrected chi connectivity index (χ0v) is 17.4. The summed E-state index contributed by atoms with van der Waals surface area (Å²) in [6.07, 6.45) is 1.45. The molecule has 0 saturated heterocycles. The van der Waals surface area contributed by atoms with Crippen molar-refractivity contribution in [2.45, 2.75) is 26.9 Å². The van der Waals surface area contributed by atoms with Crippen LogP contribution in [0.25, 0.3) is 0 Å².